The van der Waals surface area contributed by atoms with Gasteiger partial charge in [-0.1, -0.05) is 13.8 Å². The van der Waals surface area contributed by atoms with E-state index in [1.54, 1.807) is 11.8 Å². The molecule has 0 amide bonds. The highest BCUT2D eigenvalue weighted by molar-refractivity contribution is 8.00. The van der Waals surface area contributed by atoms with Gasteiger partial charge in [-0.15, -0.1) is 0 Å². The van der Waals surface area contributed by atoms with Crippen molar-refractivity contribution in [3.8, 4) is 0 Å². The van der Waals surface area contributed by atoms with E-state index in [4.69, 9.17) is 11.6 Å². The topological polar surface area (TPSA) is 63.2 Å². The van der Waals surface area contributed by atoms with Crippen molar-refractivity contribution < 1.29 is 8.42 Å². The van der Waals surface area contributed by atoms with Crippen molar-refractivity contribution in [1.82, 2.24) is 14.3 Å². The van der Waals surface area contributed by atoms with Crippen LogP contribution in [0.5, 0.6) is 0 Å². The molecule has 0 N–H and O–H groups in total. The van der Waals surface area contributed by atoms with Crippen LogP contribution in [0.3, 0.4) is 0 Å². The molecule has 0 saturated carbocycles. The highest BCUT2D eigenvalue weighted by Gasteiger charge is 2.32. The fraction of sp³-hybridized carbons (Fsp3) is 0.600. The summed E-state index contributed by atoms with van der Waals surface area (Å²) in [5.74, 6) is 0. The molecule has 0 spiro atoms. The third kappa shape index (κ3) is 2.96. The Morgan fingerprint density at radius 1 is 1.28 bits per heavy atom. The molecule has 2 rings (SSSR count). The fourth-order valence-electron chi connectivity index (χ4n) is 1.91. The van der Waals surface area contributed by atoms with Crippen LogP contribution in [0.2, 0.25) is 5.28 Å². The van der Waals surface area contributed by atoms with Gasteiger partial charge in [-0.05, 0) is 11.6 Å². The van der Waals surface area contributed by atoms with Gasteiger partial charge in [0.05, 0.1) is 12.4 Å². The van der Waals surface area contributed by atoms with Gasteiger partial charge in [0.15, 0.2) is 0 Å². The Labute approximate surface area is 116 Å². The summed E-state index contributed by atoms with van der Waals surface area (Å²) in [5, 5.41) is 0.623. The first-order valence-corrected chi connectivity index (χ1v) is 8.29. The van der Waals surface area contributed by atoms with Crippen molar-refractivity contribution in [2.24, 2.45) is 0 Å². The average molecular weight is 308 g/mol. The fourth-order valence-corrected chi connectivity index (χ4v) is 5.03. The molecule has 1 aliphatic rings. The van der Waals surface area contributed by atoms with Crippen molar-refractivity contribution in [3.63, 3.8) is 0 Å². The highest BCUT2D eigenvalue weighted by atomic mass is 35.5. The maximum absolute atomic E-state index is 12.4. The normalized spacial score (nSPS) is 26.2. The third-order valence-corrected chi connectivity index (χ3v) is 5.83. The van der Waals surface area contributed by atoms with E-state index in [1.165, 1.54) is 16.7 Å². The molecule has 8 heteroatoms. The lowest BCUT2D eigenvalue weighted by Crippen LogP contribution is -2.43. The van der Waals surface area contributed by atoms with E-state index in [1.807, 2.05) is 13.8 Å². The number of thioether (sulfide) groups is 1. The molecule has 0 bridgehead atoms. The van der Waals surface area contributed by atoms with E-state index in [-0.39, 0.29) is 20.7 Å². The molecule has 1 saturated heterocycles. The first-order chi connectivity index (χ1) is 8.39. The molecule has 2 atom stereocenters. The number of rotatable bonds is 2. The van der Waals surface area contributed by atoms with Crippen molar-refractivity contribution in [2.45, 2.75) is 29.2 Å². The Bertz CT molecular complexity index is 510. The van der Waals surface area contributed by atoms with Crippen LogP contribution in [0.1, 0.15) is 13.8 Å². The number of halogens is 1. The molecule has 1 aromatic rings. The zero-order valence-electron chi connectivity index (χ0n) is 10.1. The van der Waals surface area contributed by atoms with Crippen LogP contribution in [0.25, 0.3) is 0 Å². The van der Waals surface area contributed by atoms with Gasteiger partial charge in [0, 0.05) is 23.6 Å². The van der Waals surface area contributed by atoms with Gasteiger partial charge in [0.2, 0.25) is 15.3 Å². The van der Waals surface area contributed by atoms with E-state index in [9.17, 15) is 8.42 Å². The van der Waals surface area contributed by atoms with Crippen LogP contribution < -0.4 is 0 Å². The van der Waals surface area contributed by atoms with Gasteiger partial charge < -0.3 is 0 Å². The minimum absolute atomic E-state index is 0.0462. The minimum Gasteiger partial charge on any atom is -0.225 e. The van der Waals surface area contributed by atoms with Crippen molar-refractivity contribution >= 4 is 33.4 Å². The van der Waals surface area contributed by atoms with Crippen LogP contribution in [0.4, 0.5) is 0 Å². The van der Waals surface area contributed by atoms with Crippen molar-refractivity contribution in [2.75, 3.05) is 13.1 Å². The summed E-state index contributed by atoms with van der Waals surface area (Å²) < 4.78 is 26.3. The number of hydrogen-bond donors (Lipinski definition) is 0. The Hall–Kier alpha value is -0.370. The van der Waals surface area contributed by atoms with Crippen molar-refractivity contribution in [3.05, 3.63) is 17.7 Å². The van der Waals surface area contributed by atoms with Crippen LogP contribution in [0, 0.1) is 0 Å². The predicted octanol–water partition coefficient (Wildman–Crippen LogP) is 1.64. The van der Waals surface area contributed by atoms with Crippen LogP contribution in [0.15, 0.2) is 17.3 Å². The maximum Gasteiger partial charge on any atom is 0.246 e. The molecular formula is C10H14ClN3O2S2. The molecule has 1 aliphatic heterocycles. The summed E-state index contributed by atoms with van der Waals surface area (Å²) in [7, 11) is -3.51. The smallest absolute Gasteiger partial charge is 0.225 e. The SMILES string of the molecule is CC1CN(S(=O)(=O)c2cnc(Cl)nc2)CC(C)S1. The third-order valence-electron chi connectivity index (χ3n) is 2.62. The molecule has 2 unspecified atom stereocenters. The second kappa shape index (κ2) is 5.32. The zero-order valence-corrected chi connectivity index (χ0v) is 12.5. The molecule has 2 heterocycles. The van der Waals surface area contributed by atoms with E-state index in [0.717, 1.165) is 0 Å². The van der Waals surface area contributed by atoms with Gasteiger partial charge in [-0.2, -0.15) is 16.1 Å². The second-order valence-electron chi connectivity index (χ2n) is 4.27. The zero-order chi connectivity index (χ0) is 13.3. The Balaban J connectivity index is 2.28. The van der Waals surface area contributed by atoms with Crippen LogP contribution >= 0.6 is 23.4 Å². The molecule has 0 aliphatic carbocycles. The summed E-state index contributed by atoms with van der Waals surface area (Å²) >= 11 is 7.36. The molecule has 0 radical (unpaired) electrons. The molecule has 1 aromatic heterocycles. The van der Waals surface area contributed by atoms with E-state index in [0.29, 0.717) is 13.1 Å². The van der Waals surface area contributed by atoms with Gasteiger partial charge in [0.1, 0.15) is 4.90 Å². The largest absolute Gasteiger partial charge is 0.246 e. The molecule has 5 nitrogen and oxygen atoms in total. The molecule has 1 fully saturated rings. The summed E-state index contributed by atoms with van der Waals surface area (Å²) in [6.07, 6.45) is 2.50. The first-order valence-electron chi connectivity index (χ1n) is 5.53. The van der Waals surface area contributed by atoms with Crippen LogP contribution in [-0.4, -0.2) is 46.3 Å². The number of nitrogens with zero attached hydrogens (tertiary/aromatic N) is 3. The van der Waals surface area contributed by atoms with Gasteiger partial charge in [0.25, 0.3) is 0 Å². The quantitative estimate of drug-likeness (QED) is 0.777. The molecule has 100 valence electrons. The highest BCUT2D eigenvalue weighted by Crippen LogP contribution is 2.28. The number of sulfonamides is 1. The Morgan fingerprint density at radius 2 is 1.78 bits per heavy atom. The second-order valence-corrected chi connectivity index (χ2v) is 8.42. The summed E-state index contributed by atoms with van der Waals surface area (Å²) in [6, 6.07) is 0. The number of hydrogen-bond acceptors (Lipinski definition) is 5. The summed E-state index contributed by atoms with van der Waals surface area (Å²) in [4.78, 5) is 7.54. The molecular weight excluding hydrogens is 294 g/mol. The standard InChI is InChI=1S/C10H14ClN3O2S2/c1-7-5-14(6-8(2)17-7)18(15,16)9-3-12-10(11)13-4-9/h3-4,7-8H,5-6H2,1-2H3. The van der Waals surface area contributed by atoms with E-state index >= 15 is 0 Å². The predicted molar refractivity (Wildman–Crippen MR) is 72.3 cm³/mol. The number of aromatic nitrogens is 2. The summed E-state index contributed by atoms with van der Waals surface area (Å²) in [6.45, 7) is 5.09. The monoisotopic (exact) mass is 307 g/mol. The lowest BCUT2D eigenvalue weighted by Gasteiger charge is -2.33. The Kier molecular flexibility index (Phi) is 4.15. The lowest BCUT2D eigenvalue weighted by molar-refractivity contribution is 0.404. The van der Waals surface area contributed by atoms with Crippen LogP contribution in [-0.2, 0) is 10.0 Å². The molecule has 18 heavy (non-hydrogen) atoms. The van der Waals surface area contributed by atoms with Gasteiger partial charge in [-0.3, -0.25) is 0 Å². The van der Waals surface area contributed by atoms with Crippen molar-refractivity contribution in [1.29, 1.82) is 0 Å². The summed E-state index contributed by atoms with van der Waals surface area (Å²) in [5.41, 5.74) is 0. The first kappa shape index (κ1) is 14.0. The lowest BCUT2D eigenvalue weighted by atomic mass is 10.4. The van der Waals surface area contributed by atoms with Gasteiger partial charge >= 0.3 is 0 Å². The van der Waals surface area contributed by atoms with E-state index < -0.39 is 10.0 Å². The Morgan fingerprint density at radius 3 is 2.28 bits per heavy atom. The maximum atomic E-state index is 12.4. The minimum atomic E-state index is -3.51. The van der Waals surface area contributed by atoms with Gasteiger partial charge in [-0.25, -0.2) is 18.4 Å². The molecule has 0 aromatic carbocycles. The average Bonchev–Trinajstić information content (AvgIpc) is 2.28. The van der Waals surface area contributed by atoms with E-state index in [2.05, 4.69) is 9.97 Å².